The molecule has 0 aliphatic heterocycles. The second-order valence-electron chi connectivity index (χ2n) is 8.34. The average Bonchev–Trinajstić information content (AvgIpc) is 2.71. The number of hydrogen-bond acceptors (Lipinski definition) is 6. The molecular formula is C23H29N3O5S2. The molecule has 0 aromatic heterocycles. The highest BCUT2D eigenvalue weighted by atomic mass is 32.2. The topological polar surface area (TPSA) is 114 Å². The minimum Gasteiger partial charge on any atom is -0.465 e. The number of carbonyl (C=O) groups is 2. The maximum Gasteiger partial charge on any atom is 0.306 e. The lowest BCUT2D eigenvalue weighted by atomic mass is 10.1. The molecule has 0 aliphatic rings. The number of amides is 1. The van der Waals surface area contributed by atoms with Gasteiger partial charge in [0.1, 0.15) is 0 Å². The van der Waals surface area contributed by atoms with Crippen LogP contribution in [0, 0.1) is 0 Å². The number of carbonyl (C=O) groups excluding carboxylic acids is 2. The Kier molecular flexibility index (Phi) is 9.51. The van der Waals surface area contributed by atoms with Crippen molar-refractivity contribution in [3.05, 3.63) is 60.2 Å². The number of esters is 1. The van der Waals surface area contributed by atoms with Crippen LogP contribution >= 0.6 is 12.2 Å². The normalized spacial score (nSPS) is 11.5. The molecule has 0 bridgehead atoms. The second-order valence-corrected chi connectivity index (χ2v) is 10.4. The summed E-state index contributed by atoms with van der Waals surface area (Å²) in [6.45, 7) is 5.52. The summed E-state index contributed by atoms with van der Waals surface area (Å²) in [5.41, 5.74) is 0.974. The van der Waals surface area contributed by atoms with Crippen LogP contribution in [0.25, 0.3) is 0 Å². The number of rotatable bonds is 9. The Morgan fingerprint density at radius 3 is 2.21 bits per heavy atom. The lowest BCUT2D eigenvalue weighted by molar-refractivity contribution is -0.144. The molecule has 1 amide bonds. The lowest BCUT2D eigenvalue weighted by Gasteiger charge is -2.20. The van der Waals surface area contributed by atoms with E-state index in [-0.39, 0.29) is 29.5 Å². The minimum absolute atomic E-state index is 0.0425. The zero-order valence-corrected chi connectivity index (χ0v) is 20.5. The number of benzene rings is 2. The van der Waals surface area contributed by atoms with Crippen molar-refractivity contribution in [2.45, 2.75) is 50.5 Å². The highest BCUT2D eigenvalue weighted by molar-refractivity contribution is 7.89. The Hall–Kier alpha value is -2.82. The summed E-state index contributed by atoms with van der Waals surface area (Å²) < 4.78 is 32.4. The average molecular weight is 492 g/mol. The molecule has 0 aliphatic carbocycles. The quantitative estimate of drug-likeness (QED) is 0.365. The van der Waals surface area contributed by atoms with Crippen LogP contribution in [-0.2, 0) is 30.8 Å². The molecule has 33 heavy (non-hydrogen) atoms. The first kappa shape index (κ1) is 26.4. The van der Waals surface area contributed by atoms with Gasteiger partial charge in [0.25, 0.3) is 0 Å². The van der Waals surface area contributed by atoms with E-state index in [0.717, 1.165) is 5.56 Å². The first-order chi connectivity index (χ1) is 15.4. The van der Waals surface area contributed by atoms with E-state index >= 15 is 0 Å². The van der Waals surface area contributed by atoms with Crippen molar-refractivity contribution >= 4 is 44.9 Å². The third kappa shape index (κ3) is 10.1. The number of nitrogens with one attached hydrogen (secondary N) is 3. The van der Waals surface area contributed by atoms with Gasteiger partial charge < -0.3 is 15.4 Å². The number of thiocarbonyl (C=S) groups is 1. The number of anilines is 1. The summed E-state index contributed by atoms with van der Waals surface area (Å²) in [5.74, 6) is -0.887. The Balaban J connectivity index is 1.73. The molecule has 3 N–H and O–H groups in total. The Morgan fingerprint density at radius 2 is 1.61 bits per heavy atom. The van der Waals surface area contributed by atoms with Gasteiger partial charge in [0, 0.05) is 24.1 Å². The molecular weight excluding hydrogens is 462 g/mol. The van der Waals surface area contributed by atoms with E-state index in [1.54, 1.807) is 32.9 Å². The molecule has 0 saturated heterocycles. The molecule has 2 aromatic rings. The van der Waals surface area contributed by atoms with Crippen LogP contribution in [-0.4, -0.2) is 37.6 Å². The fourth-order valence-electron chi connectivity index (χ4n) is 2.75. The van der Waals surface area contributed by atoms with Crippen molar-refractivity contribution in [3.63, 3.8) is 0 Å². The number of sulfonamides is 1. The largest absolute Gasteiger partial charge is 0.465 e. The van der Waals surface area contributed by atoms with E-state index < -0.39 is 27.4 Å². The van der Waals surface area contributed by atoms with Crippen LogP contribution in [0.1, 0.15) is 39.2 Å². The van der Waals surface area contributed by atoms with E-state index in [9.17, 15) is 18.0 Å². The van der Waals surface area contributed by atoms with Gasteiger partial charge in [0.15, 0.2) is 5.11 Å². The van der Waals surface area contributed by atoms with Crippen LogP contribution in [0.3, 0.4) is 0 Å². The molecule has 0 heterocycles. The van der Waals surface area contributed by atoms with E-state index in [4.69, 9.17) is 17.0 Å². The molecule has 8 nitrogen and oxygen atoms in total. The van der Waals surface area contributed by atoms with Gasteiger partial charge in [-0.05, 0) is 62.8 Å². The summed E-state index contributed by atoms with van der Waals surface area (Å²) in [6.07, 6.45) is 0.483. The van der Waals surface area contributed by atoms with Crippen LogP contribution in [0.4, 0.5) is 5.69 Å². The monoisotopic (exact) mass is 491 g/mol. The fraction of sp³-hybridized carbons (Fsp3) is 0.348. The third-order valence-corrected chi connectivity index (χ3v) is 6.15. The first-order valence-electron chi connectivity index (χ1n) is 10.4. The van der Waals surface area contributed by atoms with Crippen molar-refractivity contribution in [3.8, 4) is 0 Å². The maximum atomic E-state index is 12.3. The first-order valence-corrected chi connectivity index (χ1v) is 12.3. The van der Waals surface area contributed by atoms with E-state index in [2.05, 4.69) is 15.4 Å². The zero-order chi connectivity index (χ0) is 24.5. The molecule has 0 spiro atoms. The van der Waals surface area contributed by atoms with Gasteiger partial charge in [-0.3, -0.25) is 9.59 Å². The van der Waals surface area contributed by atoms with Gasteiger partial charge in [0.05, 0.1) is 17.9 Å². The van der Waals surface area contributed by atoms with Crippen molar-refractivity contribution in [2.24, 2.45) is 0 Å². The van der Waals surface area contributed by atoms with Gasteiger partial charge in [0.2, 0.25) is 15.9 Å². The smallest absolute Gasteiger partial charge is 0.306 e. The minimum atomic E-state index is -3.64. The van der Waals surface area contributed by atoms with E-state index in [1.807, 2.05) is 30.3 Å². The summed E-state index contributed by atoms with van der Waals surface area (Å²) in [5, 5.41) is 5.34. The molecule has 0 radical (unpaired) electrons. The predicted octanol–water partition coefficient (Wildman–Crippen LogP) is 3.14. The standard InChI is InChI=1S/C23H29N3O5S2/c1-23(2,3)26-33(29,30)19-11-9-18(10-12-19)24-22(32)25-20(27)13-14-21(28)31-16-15-17-7-5-4-6-8-17/h4-12,26H,13-16H2,1-3H3,(H2,24,25,27,32). The summed E-state index contributed by atoms with van der Waals surface area (Å²) >= 11 is 5.10. The van der Waals surface area contributed by atoms with Crippen LogP contribution in [0.2, 0.25) is 0 Å². The third-order valence-electron chi connectivity index (χ3n) is 4.17. The molecule has 0 fully saturated rings. The van der Waals surface area contributed by atoms with Crippen LogP contribution in [0.15, 0.2) is 59.5 Å². The lowest BCUT2D eigenvalue weighted by Crippen LogP contribution is -2.40. The van der Waals surface area contributed by atoms with Gasteiger partial charge in [-0.1, -0.05) is 30.3 Å². The van der Waals surface area contributed by atoms with Crippen molar-refractivity contribution in [2.75, 3.05) is 11.9 Å². The molecule has 10 heteroatoms. The molecule has 0 atom stereocenters. The summed E-state index contributed by atoms with van der Waals surface area (Å²) in [6, 6.07) is 15.6. The number of hydrogen-bond donors (Lipinski definition) is 3. The Morgan fingerprint density at radius 1 is 0.970 bits per heavy atom. The second kappa shape index (κ2) is 11.9. The molecule has 0 saturated carbocycles. The van der Waals surface area contributed by atoms with E-state index in [1.165, 1.54) is 12.1 Å². The highest BCUT2D eigenvalue weighted by Gasteiger charge is 2.21. The molecule has 2 aromatic carbocycles. The predicted molar refractivity (Wildman–Crippen MR) is 131 cm³/mol. The maximum absolute atomic E-state index is 12.3. The van der Waals surface area contributed by atoms with E-state index in [0.29, 0.717) is 12.1 Å². The Labute approximate surface area is 200 Å². The van der Waals surface area contributed by atoms with Crippen molar-refractivity contribution in [1.29, 1.82) is 0 Å². The fourth-order valence-corrected chi connectivity index (χ4v) is 4.40. The summed E-state index contributed by atoms with van der Waals surface area (Å²) in [7, 11) is -3.64. The summed E-state index contributed by atoms with van der Waals surface area (Å²) in [4.78, 5) is 24.0. The Bertz CT molecular complexity index is 1060. The van der Waals surface area contributed by atoms with Crippen LogP contribution in [0.5, 0.6) is 0 Å². The van der Waals surface area contributed by atoms with Gasteiger partial charge >= 0.3 is 5.97 Å². The number of ether oxygens (including phenoxy) is 1. The van der Waals surface area contributed by atoms with Gasteiger partial charge in [-0.15, -0.1) is 0 Å². The molecule has 0 unspecified atom stereocenters. The van der Waals surface area contributed by atoms with Crippen molar-refractivity contribution < 1.29 is 22.7 Å². The molecule has 178 valence electrons. The highest BCUT2D eigenvalue weighted by Crippen LogP contribution is 2.16. The van der Waals surface area contributed by atoms with Gasteiger partial charge in [-0.2, -0.15) is 0 Å². The SMILES string of the molecule is CC(C)(C)NS(=O)(=O)c1ccc(NC(=S)NC(=O)CCC(=O)OCCc2ccccc2)cc1. The van der Waals surface area contributed by atoms with Crippen LogP contribution < -0.4 is 15.4 Å². The van der Waals surface area contributed by atoms with Gasteiger partial charge in [-0.25, -0.2) is 13.1 Å². The zero-order valence-electron chi connectivity index (χ0n) is 18.9. The van der Waals surface area contributed by atoms with Crippen molar-refractivity contribution in [1.82, 2.24) is 10.0 Å². The molecule has 2 rings (SSSR count).